The van der Waals surface area contributed by atoms with Crippen LogP contribution in [-0.4, -0.2) is 38.3 Å². The van der Waals surface area contributed by atoms with E-state index in [1.54, 1.807) is 6.07 Å². The lowest BCUT2D eigenvalue weighted by molar-refractivity contribution is 0.0793. The Morgan fingerprint density at radius 2 is 2.33 bits per heavy atom. The topological polar surface area (TPSA) is 21.7 Å². The molecule has 1 aliphatic rings. The third kappa shape index (κ3) is 3.43. The van der Waals surface area contributed by atoms with Gasteiger partial charge in [-0.05, 0) is 37.6 Å². The van der Waals surface area contributed by atoms with Gasteiger partial charge in [-0.1, -0.05) is 6.07 Å². The Labute approximate surface area is 107 Å². The third-order valence-electron chi connectivity index (χ3n) is 3.21. The maximum atomic E-state index is 13.5. The predicted molar refractivity (Wildman–Crippen MR) is 68.3 cm³/mol. The van der Waals surface area contributed by atoms with E-state index < -0.39 is 0 Å². The molecule has 1 unspecified atom stereocenters. The van der Waals surface area contributed by atoms with Gasteiger partial charge >= 0.3 is 0 Å². The van der Waals surface area contributed by atoms with Crippen LogP contribution in [0.1, 0.15) is 18.4 Å². The summed E-state index contributed by atoms with van der Waals surface area (Å²) in [6, 6.07) is 5.10. The molecule has 1 aromatic carbocycles. The number of hydrogen-bond donors (Lipinski definition) is 0. The Bertz CT molecular complexity index is 391. The molecule has 0 aromatic heterocycles. The van der Waals surface area contributed by atoms with Gasteiger partial charge in [-0.2, -0.15) is 0 Å². The summed E-state index contributed by atoms with van der Waals surface area (Å²) in [6.07, 6.45) is 2.61. The molecule has 1 aromatic rings. The Kier molecular flexibility index (Phi) is 4.55. The Balaban J connectivity index is 1.89. The summed E-state index contributed by atoms with van der Waals surface area (Å²) in [5.41, 5.74) is 0.953. The molecule has 100 valence electrons. The van der Waals surface area contributed by atoms with E-state index in [1.807, 2.05) is 13.1 Å². The van der Waals surface area contributed by atoms with Crippen molar-refractivity contribution in [3.63, 3.8) is 0 Å². The molecule has 18 heavy (non-hydrogen) atoms. The van der Waals surface area contributed by atoms with Gasteiger partial charge in [-0.3, -0.25) is 4.90 Å². The van der Waals surface area contributed by atoms with Crippen LogP contribution in [0.5, 0.6) is 5.75 Å². The Morgan fingerprint density at radius 3 is 2.94 bits per heavy atom. The number of benzene rings is 1. The molecule has 0 radical (unpaired) electrons. The highest BCUT2D eigenvalue weighted by atomic mass is 19.1. The molecule has 0 saturated carbocycles. The number of hydrogen-bond acceptors (Lipinski definition) is 3. The molecule has 1 fully saturated rings. The molecule has 1 heterocycles. The first-order chi connectivity index (χ1) is 8.69. The van der Waals surface area contributed by atoms with Crippen molar-refractivity contribution in [2.75, 3.05) is 27.3 Å². The van der Waals surface area contributed by atoms with Crippen LogP contribution in [0, 0.1) is 5.82 Å². The lowest BCUT2D eigenvalue weighted by Crippen LogP contribution is -2.28. The summed E-state index contributed by atoms with van der Waals surface area (Å²) < 4.78 is 24.0. The van der Waals surface area contributed by atoms with Gasteiger partial charge in [0.1, 0.15) is 0 Å². The van der Waals surface area contributed by atoms with Crippen LogP contribution in [0.2, 0.25) is 0 Å². The molecule has 0 N–H and O–H groups in total. The summed E-state index contributed by atoms with van der Waals surface area (Å²) >= 11 is 0. The zero-order chi connectivity index (χ0) is 13.0. The van der Waals surface area contributed by atoms with Crippen LogP contribution in [0.4, 0.5) is 4.39 Å². The summed E-state index contributed by atoms with van der Waals surface area (Å²) in [7, 11) is 3.51. The first-order valence-corrected chi connectivity index (χ1v) is 6.31. The number of rotatable bonds is 5. The van der Waals surface area contributed by atoms with Crippen molar-refractivity contribution in [3.8, 4) is 5.75 Å². The SMILES string of the molecule is COc1ccc(CN(C)CC2CCCO2)cc1F. The zero-order valence-electron chi connectivity index (χ0n) is 11.0. The van der Waals surface area contributed by atoms with Gasteiger partial charge in [0.15, 0.2) is 11.6 Å². The molecule has 1 saturated heterocycles. The summed E-state index contributed by atoms with van der Waals surface area (Å²) in [4.78, 5) is 2.16. The van der Waals surface area contributed by atoms with Crippen molar-refractivity contribution in [2.45, 2.75) is 25.5 Å². The van der Waals surface area contributed by atoms with E-state index in [4.69, 9.17) is 9.47 Å². The molecule has 1 aliphatic heterocycles. The quantitative estimate of drug-likeness (QED) is 0.804. The molecule has 0 bridgehead atoms. The molecular formula is C14H20FNO2. The van der Waals surface area contributed by atoms with E-state index in [1.165, 1.54) is 13.2 Å². The lowest BCUT2D eigenvalue weighted by Gasteiger charge is -2.20. The number of halogens is 1. The van der Waals surface area contributed by atoms with Gasteiger partial charge in [-0.15, -0.1) is 0 Å². The van der Waals surface area contributed by atoms with E-state index in [0.717, 1.165) is 38.1 Å². The Hall–Kier alpha value is -1.13. The highest BCUT2D eigenvalue weighted by Gasteiger charge is 2.17. The maximum absolute atomic E-state index is 13.5. The van der Waals surface area contributed by atoms with E-state index in [-0.39, 0.29) is 5.82 Å². The van der Waals surface area contributed by atoms with Crippen molar-refractivity contribution >= 4 is 0 Å². The van der Waals surface area contributed by atoms with E-state index in [2.05, 4.69) is 4.90 Å². The van der Waals surface area contributed by atoms with Crippen molar-refractivity contribution < 1.29 is 13.9 Å². The number of methoxy groups -OCH3 is 1. The molecule has 0 spiro atoms. The van der Waals surface area contributed by atoms with Gasteiger partial charge in [-0.25, -0.2) is 4.39 Å². The zero-order valence-corrected chi connectivity index (χ0v) is 11.0. The van der Waals surface area contributed by atoms with Crippen LogP contribution in [0.3, 0.4) is 0 Å². The van der Waals surface area contributed by atoms with Crippen LogP contribution >= 0.6 is 0 Å². The normalized spacial score (nSPS) is 19.4. The second-order valence-electron chi connectivity index (χ2n) is 4.80. The average molecular weight is 253 g/mol. The van der Waals surface area contributed by atoms with Crippen molar-refractivity contribution in [2.24, 2.45) is 0 Å². The smallest absolute Gasteiger partial charge is 0.165 e. The largest absolute Gasteiger partial charge is 0.494 e. The minimum absolute atomic E-state index is 0.292. The monoisotopic (exact) mass is 253 g/mol. The van der Waals surface area contributed by atoms with Crippen molar-refractivity contribution in [1.29, 1.82) is 0 Å². The Morgan fingerprint density at radius 1 is 1.50 bits per heavy atom. The highest BCUT2D eigenvalue weighted by molar-refractivity contribution is 5.29. The molecule has 0 aliphatic carbocycles. The minimum atomic E-state index is -0.305. The summed E-state index contributed by atoms with van der Waals surface area (Å²) in [5, 5.41) is 0. The van der Waals surface area contributed by atoms with Crippen LogP contribution in [-0.2, 0) is 11.3 Å². The number of likely N-dealkylation sites (N-methyl/N-ethyl adjacent to an activating group) is 1. The second kappa shape index (κ2) is 6.16. The molecule has 0 amide bonds. The summed E-state index contributed by atoms with van der Waals surface area (Å²) in [6.45, 7) is 2.49. The maximum Gasteiger partial charge on any atom is 0.165 e. The fourth-order valence-electron chi connectivity index (χ4n) is 2.32. The van der Waals surface area contributed by atoms with E-state index in [9.17, 15) is 4.39 Å². The van der Waals surface area contributed by atoms with Gasteiger partial charge < -0.3 is 9.47 Å². The van der Waals surface area contributed by atoms with Gasteiger partial charge in [0, 0.05) is 19.7 Å². The van der Waals surface area contributed by atoms with Gasteiger partial charge in [0.25, 0.3) is 0 Å². The first kappa shape index (κ1) is 13.3. The second-order valence-corrected chi connectivity index (χ2v) is 4.80. The molecular weight excluding hydrogens is 233 g/mol. The summed E-state index contributed by atoms with van der Waals surface area (Å²) in [5.74, 6) is -0.0129. The lowest BCUT2D eigenvalue weighted by atomic mass is 10.2. The highest BCUT2D eigenvalue weighted by Crippen LogP contribution is 2.19. The van der Waals surface area contributed by atoms with Crippen molar-refractivity contribution in [1.82, 2.24) is 4.90 Å². The number of ether oxygens (including phenoxy) is 2. The molecule has 2 rings (SSSR count). The van der Waals surface area contributed by atoms with Gasteiger partial charge in [0.05, 0.1) is 13.2 Å². The van der Waals surface area contributed by atoms with Gasteiger partial charge in [0.2, 0.25) is 0 Å². The predicted octanol–water partition coefficient (Wildman–Crippen LogP) is 2.45. The van der Waals surface area contributed by atoms with Crippen LogP contribution < -0.4 is 4.74 Å². The molecule has 3 nitrogen and oxygen atoms in total. The average Bonchev–Trinajstić information content (AvgIpc) is 2.82. The molecule has 4 heteroatoms. The fraction of sp³-hybridized carbons (Fsp3) is 0.571. The number of nitrogens with zero attached hydrogens (tertiary/aromatic N) is 1. The first-order valence-electron chi connectivity index (χ1n) is 6.31. The third-order valence-corrected chi connectivity index (χ3v) is 3.21. The van der Waals surface area contributed by atoms with Crippen LogP contribution in [0.25, 0.3) is 0 Å². The van der Waals surface area contributed by atoms with Crippen LogP contribution in [0.15, 0.2) is 18.2 Å². The fourth-order valence-corrected chi connectivity index (χ4v) is 2.32. The van der Waals surface area contributed by atoms with E-state index >= 15 is 0 Å². The standard InChI is InChI=1S/C14H20FNO2/c1-16(10-12-4-3-7-18-12)9-11-5-6-14(17-2)13(15)8-11/h5-6,8,12H,3-4,7,9-10H2,1-2H3. The minimum Gasteiger partial charge on any atom is -0.494 e. The van der Waals surface area contributed by atoms with Crippen molar-refractivity contribution in [3.05, 3.63) is 29.6 Å². The van der Waals surface area contributed by atoms with E-state index in [0.29, 0.717) is 11.9 Å². The molecule has 1 atom stereocenters.